The van der Waals surface area contributed by atoms with Gasteiger partial charge in [0.15, 0.2) is 0 Å². The Balaban J connectivity index is 2.67. The van der Waals surface area contributed by atoms with E-state index in [4.69, 9.17) is 63.1 Å². The van der Waals surface area contributed by atoms with Crippen LogP contribution in [0.25, 0.3) is 11.1 Å². The van der Waals surface area contributed by atoms with Crippen molar-refractivity contribution < 1.29 is 9.90 Å². The highest BCUT2D eigenvalue weighted by molar-refractivity contribution is 6.56. The van der Waals surface area contributed by atoms with E-state index in [0.717, 1.165) is 0 Å². The summed E-state index contributed by atoms with van der Waals surface area (Å²) in [5, 5.41) is 9.24. The second kappa shape index (κ2) is 5.96. The lowest BCUT2D eigenvalue weighted by molar-refractivity contribution is 0.0690. The Morgan fingerprint density at radius 3 is 1.80 bits per heavy atom. The minimum absolute atomic E-state index is 0.0576. The van der Waals surface area contributed by atoms with Crippen molar-refractivity contribution in [2.24, 2.45) is 0 Å². The Morgan fingerprint density at radius 2 is 1.40 bits per heavy atom. The van der Waals surface area contributed by atoms with E-state index in [0.29, 0.717) is 11.1 Å². The van der Waals surface area contributed by atoms with Crippen LogP contribution in [0.4, 0.5) is 0 Å². The van der Waals surface area contributed by atoms with Gasteiger partial charge in [0, 0.05) is 17.3 Å². The summed E-state index contributed by atoms with van der Waals surface area (Å²) in [5.41, 5.74) is 0.717. The molecule has 1 N–H and O–H groups in total. The molecule has 1 aromatic carbocycles. The van der Waals surface area contributed by atoms with E-state index in [2.05, 4.69) is 4.98 Å². The van der Waals surface area contributed by atoms with E-state index in [1.165, 1.54) is 18.3 Å². The van der Waals surface area contributed by atoms with Gasteiger partial charge in [-0.05, 0) is 6.07 Å². The normalized spacial score (nSPS) is 10.7. The molecule has 20 heavy (non-hydrogen) atoms. The van der Waals surface area contributed by atoms with Crippen molar-refractivity contribution in [1.29, 1.82) is 0 Å². The average Bonchev–Trinajstić information content (AvgIpc) is 2.44. The fourth-order valence-corrected chi connectivity index (χ4v) is 2.88. The fraction of sp³-hybridized carbons (Fsp3) is 0. The van der Waals surface area contributed by atoms with Gasteiger partial charge < -0.3 is 5.11 Å². The molecule has 0 aliphatic heterocycles. The molecule has 1 heterocycles. The number of aromatic nitrogens is 1. The highest BCUT2D eigenvalue weighted by atomic mass is 35.5. The monoisotopic (exact) mass is 369 g/mol. The van der Waals surface area contributed by atoms with Gasteiger partial charge in [-0.15, -0.1) is 0 Å². The van der Waals surface area contributed by atoms with Gasteiger partial charge >= 0.3 is 5.97 Å². The molecule has 1 aromatic heterocycles. The van der Waals surface area contributed by atoms with Gasteiger partial charge in [-0.25, -0.2) is 9.78 Å². The maximum atomic E-state index is 10.8. The zero-order valence-electron chi connectivity index (χ0n) is 9.42. The Hall–Kier alpha value is -0.710. The topological polar surface area (TPSA) is 50.2 Å². The maximum absolute atomic E-state index is 10.8. The zero-order valence-corrected chi connectivity index (χ0v) is 13.2. The smallest absolute Gasteiger partial charge is 0.354 e. The second-order valence-electron chi connectivity index (χ2n) is 3.68. The molecule has 0 radical (unpaired) electrons. The molecule has 104 valence electrons. The van der Waals surface area contributed by atoms with E-state index in [-0.39, 0.29) is 30.8 Å². The first-order valence-electron chi connectivity index (χ1n) is 5.05. The molecule has 3 nitrogen and oxygen atoms in total. The van der Waals surface area contributed by atoms with Gasteiger partial charge in [-0.1, -0.05) is 64.1 Å². The lowest BCUT2D eigenvalue weighted by Gasteiger charge is -2.12. The molecule has 0 aliphatic carbocycles. The molecule has 0 saturated heterocycles. The number of carbonyl (C=O) groups is 1. The summed E-state index contributed by atoms with van der Waals surface area (Å²) in [6.45, 7) is 0. The van der Waals surface area contributed by atoms with Crippen molar-refractivity contribution in [1.82, 2.24) is 4.98 Å². The van der Waals surface area contributed by atoms with Crippen LogP contribution in [0.15, 0.2) is 18.3 Å². The third-order valence-electron chi connectivity index (χ3n) is 2.48. The van der Waals surface area contributed by atoms with Crippen LogP contribution in [0.2, 0.25) is 25.1 Å². The van der Waals surface area contributed by atoms with Crippen LogP contribution < -0.4 is 0 Å². The SMILES string of the molecule is O=C(O)c1ccc(-c2c(Cl)c(Cl)c(Cl)c(Cl)c2Cl)cn1. The number of benzene rings is 1. The molecular weight excluding hydrogens is 367 g/mol. The molecule has 0 amide bonds. The number of aromatic carboxylic acids is 1. The molecule has 8 heteroatoms. The van der Waals surface area contributed by atoms with Gasteiger partial charge in [-0.3, -0.25) is 0 Å². The van der Waals surface area contributed by atoms with E-state index < -0.39 is 5.97 Å². The highest BCUT2D eigenvalue weighted by Crippen LogP contribution is 2.47. The first-order chi connectivity index (χ1) is 9.34. The molecule has 0 unspecified atom stereocenters. The molecule has 2 aromatic rings. The van der Waals surface area contributed by atoms with Gasteiger partial charge in [0.1, 0.15) is 5.69 Å². The fourth-order valence-electron chi connectivity index (χ4n) is 1.53. The number of nitrogens with zero attached hydrogens (tertiary/aromatic N) is 1. The van der Waals surface area contributed by atoms with E-state index in [9.17, 15) is 4.79 Å². The van der Waals surface area contributed by atoms with Crippen molar-refractivity contribution in [3.8, 4) is 11.1 Å². The molecule has 0 aliphatic rings. The third-order valence-corrected chi connectivity index (χ3v) is 4.76. The molecule has 0 bridgehead atoms. The second-order valence-corrected chi connectivity index (χ2v) is 5.57. The van der Waals surface area contributed by atoms with E-state index in [1.54, 1.807) is 0 Å². The minimum atomic E-state index is -1.14. The van der Waals surface area contributed by atoms with Gasteiger partial charge in [0.2, 0.25) is 0 Å². The number of carboxylic acid groups (broad SMARTS) is 1. The average molecular weight is 371 g/mol. The molecular formula is C12H4Cl5NO2. The minimum Gasteiger partial charge on any atom is -0.477 e. The van der Waals surface area contributed by atoms with Crippen molar-refractivity contribution >= 4 is 64.0 Å². The van der Waals surface area contributed by atoms with Crippen molar-refractivity contribution in [3.63, 3.8) is 0 Å². The predicted molar refractivity (Wildman–Crippen MR) is 81.7 cm³/mol. The lowest BCUT2D eigenvalue weighted by Crippen LogP contribution is -1.99. The molecule has 0 fully saturated rings. The predicted octanol–water partition coefficient (Wildman–Crippen LogP) is 5.71. The summed E-state index contributed by atoms with van der Waals surface area (Å²) in [6, 6.07) is 2.82. The van der Waals surface area contributed by atoms with Crippen molar-refractivity contribution in [2.75, 3.05) is 0 Å². The maximum Gasteiger partial charge on any atom is 0.354 e. The Kier molecular flexibility index (Phi) is 4.67. The summed E-state index contributed by atoms with van der Waals surface area (Å²) < 4.78 is 0. The van der Waals surface area contributed by atoms with E-state index >= 15 is 0 Å². The summed E-state index contributed by atoms with van der Waals surface area (Å²) in [4.78, 5) is 14.5. The van der Waals surface area contributed by atoms with Crippen LogP contribution in [0.3, 0.4) is 0 Å². The van der Waals surface area contributed by atoms with Crippen LogP contribution in [-0.4, -0.2) is 16.1 Å². The quantitative estimate of drug-likeness (QED) is 0.543. The van der Waals surface area contributed by atoms with Crippen LogP contribution in [-0.2, 0) is 0 Å². The van der Waals surface area contributed by atoms with Crippen LogP contribution in [0.1, 0.15) is 10.5 Å². The number of pyridine rings is 1. The zero-order chi connectivity index (χ0) is 15.0. The number of rotatable bonds is 2. The molecule has 2 rings (SSSR count). The van der Waals surface area contributed by atoms with Crippen molar-refractivity contribution in [2.45, 2.75) is 0 Å². The van der Waals surface area contributed by atoms with Crippen LogP contribution >= 0.6 is 58.0 Å². The number of carboxylic acids is 1. The lowest BCUT2D eigenvalue weighted by atomic mass is 10.1. The van der Waals surface area contributed by atoms with Crippen molar-refractivity contribution in [3.05, 3.63) is 49.1 Å². The van der Waals surface area contributed by atoms with E-state index in [1.807, 2.05) is 0 Å². The van der Waals surface area contributed by atoms with Gasteiger partial charge in [-0.2, -0.15) is 0 Å². The number of hydrogen-bond acceptors (Lipinski definition) is 2. The number of halogens is 5. The van der Waals surface area contributed by atoms with Crippen LogP contribution in [0.5, 0.6) is 0 Å². The van der Waals surface area contributed by atoms with Crippen LogP contribution in [0, 0.1) is 0 Å². The Morgan fingerprint density at radius 1 is 0.900 bits per heavy atom. The Bertz CT molecular complexity index is 671. The first-order valence-corrected chi connectivity index (χ1v) is 6.94. The standard InChI is InChI=1S/C12H4Cl5NO2/c13-7-6(8(14)10(16)11(17)9(7)15)4-1-2-5(12(19)20)18-3-4/h1-3H,(H,19,20). The molecule has 0 atom stereocenters. The summed E-state index contributed by atoms with van der Waals surface area (Å²) in [5.74, 6) is -1.14. The largest absolute Gasteiger partial charge is 0.477 e. The van der Waals surface area contributed by atoms with Gasteiger partial charge in [0.05, 0.1) is 25.1 Å². The molecule has 0 saturated carbocycles. The first kappa shape index (κ1) is 15.7. The summed E-state index contributed by atoms with van der Waals surface area (Å²) >= 11 is 30.0. The van der Waals surface area contributed by atoms with Gasteiger partial charge in [0.25, 0.3) is 0 Å². The summed E-state index contributed by atoms with van der Waals surface area (Å²) in [7, 11) is 0. The third kappa shape index (κ3) is 2.69. The Labute approximate surface area is 139 Å². The highest BCUT2D eigenvalue weighted by Gasteiger charge is 2.20. The summed E-state index contributed by atoms with van der Waals surface area (Å²) in [6.07, 6.45) is 1.32. The number of hydrogen-bond donors (Lipinski definition) is 1. The molecule has 0 spiro atoms.